The Labute approximate surface area is 128 Å². The molecule has 0 amide bonds. The van der Waals surface area contributed by atoms with Gasteiger partial charge in [-0.1, -0.05) is 24.8 Å². The highest BCUT2D eigenvalue weighted by atomic mass is 32.1. The molecule has 3 rings (SSSR count). The number of rotatable bonds is 6. The lowest BCUT2D eigenvalue weighted by atomic mass is 10.2. The van der Waals surface area contributed by atoms with E-state index in [9.17, 15) is 0 Å². The zero-order valence-corrected chi connectivity index (χ0v) is 12.3. The number of aromatic nitrogens is 3. The van der Waals surface area contributed by atoms with E-state index in [0.717, 1.165) is 30.0 Å². The van der Waals surface area contributed by atoms with Crippen molar-refractivity contribution in [1.82, 2.24) is 14.9 Å². The largest absolute Gasteiger partial charge is 0.490 e. The molecule has 0 unspecified atom stereocenters. The highest BCUT2D eigenvalue weighted by molar-refractivity contribution is 7.71. The van der Waals surface area contributed by atoms with E-state index in [-0.39, 0.29) is 0 Å². The predicted octanol–water partition coefficient (Wildman–Crippen LogP) is 3.27. The Morgan fingerprint density at radius 2 is 2.38 bits per heavy atom. The summed E-state index contributed by atoms with van der Waals surface area (Å²) in [6.07, 6.45) is 5.78. The van der Waals surface area contributed by atoms with Crippen molar-refractivity contribution in [1.29, 1.82) is 0 Å². The molecule has 1 heterocycles. The van der Waals surface area contributed by atoms with Gasteiger partial charge in [-0.25, -0.2) is 0 Å². The number of nitrogens with zero attached hydrogens (tertiary/aromatic N) is 3. The van der Waals surface area contributed by atoms with Gasteiger partial charge in [-0.3, -0.25) is 5.10 Å². The van der Waals surface area contributed by atoms with Crippen LogP contribution >= 0.6 is 12.2 Å². The third kappa shape index (κ3) is 3.28. The molecule has 1 aliphatic rings. The minimum Gasteiger partial charge on any atom is -0.490 e. The van der Waals surface area contributed by atoms with E-state index in [4.69, 9.17) is 17.0 Å². The van der Waals surface area contributed by atoms with Crippen molar-refractivity contribution < 1.29 is 4.74 Å². The fourth-order valence-corrected chi connectivity index (χ4v) is 2.17. The van der Waals surface area contributed by atoms with E-state index in [1.807, 2.05) is 24.3 Å². The van der Waals surface area contributed by atoms with E-state index in [2.05, 4.69) is 21.9 Å². The molecule has 5 nitrogen and oxygen atoms in total. The summed E-state index contributed by atoms with van der Waals surface area (Å²) in [5, 5.41) is 11.5. The van der Waals surface area contributed by atoms with Crippen LogP contribution in [0.3, 0.4) is 0 Å². The molecule has 1 aromatic heterocycles. The normalized spacial score (nSPS) is 14.5. The maximum atomic E-state index is 5.50. The van der Waals surface area contributed by atoms with Gasteiger partial charge in [-0.05, 0) is 42.8 Å². The molecule has 0 saturated heterocycles. The second kappa shape index (κ2) is 6.05. The monoisotopic (exact) mass is 300 g/mol. The van der Waals surface area contributed by atoms with Crippen molar-refractivity contribution >= 4 is 18.4 Å². The van der Waals surface area contributed by atoms with Crippen molar-refractivity contribution in [3.8, 4) is 5.75 Å². The first-order valence-electron chi connectivity index (χ1n) is 6.83. The first kappa shape index (κ1) is 13.8. The molecule has 1 aliphatic carbocycles. The van der Waals surface area contributed by atoms with Crippen LogP contribution in [-0.2, 0) is 0 Å². The quantitative estimate of drug-likeness (QED) is 0.506. The van der Waals surface area contributed by atoms with E-state index in [1.165, 1.54) is 0 Å². The van der Waals surface area contributed by atoms with Crippen LogP contribution in [0.15, 0.2) is 42.0 Å². The standard InChI is InChI=1S/C15H16N4OS/c1-2-8-20-13-5-3-4-11(9-13)10-16-19-14(12-6-7-12)17-18-15(19)21/h2-5,9-10,12H,1,6-8H2,(H,18,21)/b16-10-. The number of aromatic amines is 1. The van der Waals surface area contributed by atoms with E-state index in [1.54, 1.807) is 17.0 Å². The lowest BCUT2D eigenvalue weighted by molar-refractivity contribution is 0.363. The van der Waals surface area contributed by atoms with Gasteiger partial charge < -0.3 is 4.74 Å². The Morgan fingerprint density at radius 3 is 3.14 bits per heavy atom. The van der Waals surface area contributed by atoms with Crippen molar-refractivity contribution in [3.05, 3.63) is 53.1 Å². The molecule has 2 aromatic rings. The molecule has 0 bridgehead atoms. The molecule has 0 spiro atoms. The molecule has 6 heteroatoms. The number of benzene rings is 1. The molecule has 108 valence electrons. The van der Waals surface area contributed by atoms with E-state index < -0.39 is 0 Å². The van der Waals surface area contributed by atoms with Crippen LogP contribution in [0.1, 0.15) is 30.1 Å². The first-order chi connectivity index (χ1) is 10.3. The average Bonchev–Trinajstić information content (AvgIpc) is 3.28. The molecule has 1 aromatic carbocycles. The lowest BCUT2D eigenvalue weighted by Gasteiger charge is -2.03. The Hall–Kier alpha value is -2.21. The summed E-state index contributed by atoms with van der Waals surface area (Å²) in [4.78, 5) is 0. The third-order valence-electron chi connectivity index (χ3n) is 3.17. The summed E-state index contributed by atoms with van der Waals surface area (Å²) in [6, 6.07) is 7.72. The van der Waals surface area contributed by atoms with Crippen LogP contribution in [0, 0.1) is 4.77 Å². The second-order valence-electron chi connectivity index (χ2n) is 4.89. The minimum atomic E-state index is 0.484. The fourth-order valence-electron chi connectivity index (χ4n) is 1.99. The zero-order valence-electron chi connectivity index (χ0n) is 11.5. The second-order valence-corrected chi connectivity index (χ2v) is 5.28. The van der Waals surface area contributed by atoms with Gasteiger partial charge in [0.25, 0.3) is 0 Å². The Balaban J connectivity index is 1.81. The van der Waals surface area contributed by atoms with Crippen LogP contribution in [0.2, 0.25) is 0 Å². The molecule has 0 atom stereocenters. The number of hydrogen-bond acceptors (Lipinski definition) is 4. The van der Waals surface area contributed by atoms with Gasteiger partial charge in [0, 0.05) is 5.92 Å². The van der Waals surface area contributed by atoms with Crippen LogP contribution in [0.25, 0.3) is 0 Å². The molecule has 1 saturated carbocycles. The molecule has 1 N–H and O–H groups in total. The van der Waals surface area contributed by atoms with E-state index >= 15 is 0 Å². The third-order valence-corrected chi connectivity index (χ3v) is 3.43. The van der Waals surface area contributed by atoms with E-state index in [0.29, 0.717) is 17.3 Å². The van der Waals surface area contributed by atoms with Gasteiger partial charge >= 0.3 is 0 Å². The van der Waals surface area contributed by atoms with Gasteiger partial charge in [0.2, 0.25) is 4.77 Å². The molecule has 1 fully saturated rings. The molecular weight excluding hydrogens is 284 g/mol. The maximum Gasteiger partial charge on any atom is 0.216 e. The van der Waals surface area contributed by atoms with Gasteiger partial charge in [-0.15, -0.1) is 0 Å². The summed E-state index contributed by atoms with van der Waals surface area (Å²) in [7, 11) is 0. The molecule has 0 aliphatic heterocycles. The zero-order chi connectivity index (χ0) is 14.7. The van der Waals surface area contributed by atoms with Crippen LogP contribution in [-0.4, -0.2) is 27.7 Å². The first-order valence-corrected chi connectivity index (χ1v) is 7.24. The fraction of sp³-hybridized carbons (Fsp3) is 0.267. The van der Waals surface area contributed by atoms with Crippen LogP contribution in [0.5, 0.6) is 5.75 Å². The van der Waals surface area contributed by atoms with Gasteiger partial charge in [0.05, 0.1) is 6.21 Å². The van der Waals surface area contributed by atoms with Crippen LogP contribution in [0.4, 0.5) is 0 Å². The Kier molecular flexibility index (Phi) is 3.96. The molecule has 21 heavy (non-hydrogen) atoms. The highest BCUT2D eigenvalue weighted by Gasteiger charge is 2.29. The topological polar surface area (TPSA) is 55.2 Å². The van der Waals surface area contributed by atoms with Crippen molar-refractivity contribution in [3.63, 3.8) is 0 Å². The van der Waals surface area contributed by atoms with Gasteiger partial charge in [0.1, 0.15) is 12.4 Å². The van der Waals surface area contributed by atoms with Crippen LogP contribution < -0.4 is 4.74 Å². The van der Waals surface area contributed by atoms with Gasteiger partial charge in [0.15, 0.2) is 5.82 Å². The maximum absolute atomic E-state index is 5.50. The van der Waals surface area contributed by atoms with Crippen molar-refractivity contribution in [2.45, 2.75) is 18.8 Å². The Bertz CT molecular complexity index is 727. The summed E-state index contributed by atoms with van der Waals surface area (Å²) in [6.45, 7) is 4.12. The van der Waals surface area contributed by atoms with Crippen molar-refractivity contribution in [2.75, 3.05) is 6.61 Å². The summed E-state index contributed by atoms with van der Waals surface area (Å²) < 4.78 is 7.72. The summed E-state index contributed by atoms with van der Waals surface area (Å²) >= 11 is 5.21. The Morgan fingerprint density at radius 1 is 1.52 bits per heavy atom. The minimum absolute atomic E-state index is 0.484. The predicted molar refractivity (Wildman–Crippen MR) is 84.5 cm³/mol. The number of H-pyrrole nitrogens is 1. The lowest BCUT2D eigenvalue weighted by Crippen LogP contribution is -1.98. The number of nitrogens with one attached hydrogen (secondary N) is 1. The highest BCUT2D eigenvalue weighted by Crippen LogP contribution is 2.38. The van der Waals surface area contributed by atoms with Crippen molar-refractivity contribution in [2.24, 2.45) is 5.10 Å². The summed E-state index contributed by atoms with van der Waals surface area (Å²) in [5.41, 5.74) is 0.946. The number of hydrogen-bond donors (Lipinski definition) is 1. The molecule has 0 radical (unpaired) electrons. The average molecular weight is 300 g/mol. The van der Waals surface area contributed by atoms with Gasteiger partial charge in [-0.2, -0.15) is 14.9 Å². The molecular formula is C15H16N4OS. The smallest absolute Gasteiger partial charge is 0.216 e. The number of ether oxygens (including phenoxy) is 1. The summed E-state index contributed by atoms with van der Waals surface area (Å²) in [5.74, 6) is 2.18. The SMILES string of the molecule is C=CCOc1cccc(/C=N\n2c(C3CC3)n[nH]c2=S)c1.